The van der Waals surface area contributed by atoms with Crippen LogP contribution in [0.3, 0.4) is 0 Å². The van der Waals surface area contributed by atoms with Crippen LogP contribution in [0, 0.1) is 11.8 Å². The Morgan fingerprint density at radius 3 is 2.50 bits per heavy atom. The maximum atomic E-state index is 13.9. The number of methoxy groups -OCH3 is 1. The fourth-order valence-corrected chi connectivity index (χ4v) is 5.50. The van der Waals surface area contributed by atoms with Crippen molar-refractivity contribution in [3.8, 4) is 11.5 Å². The zero-order valence-electron chi connectivity index (χ0n) is 18.7. The SMILES string of the molecule is CC[C@@]1(C(=O)O)N[C@@H](c2ccc(OC)cc2O)[C@H]2C(=O)N(c3cccc4ccccc34)C(=O)[C@H]21. The van der Waals surface area contributed by atoms with Gasteiger partial charge in [-0.3, -0.25) is 19.7 Å². The predicted octanol–water partition coefficient (Wildman–Crippen LogP) is 3.24. The molecule has 0 radical (unpaired) electrons. The molecule has 2 amide bonds. The van der Waals surface area contributed by atoms with Crippen molar-refractivity contribution >= 4 is 34.2 Å². The summed E-state index contributed by atoms with van der Waals surface area (Å²) in [4.78, 5) is 41.3. The zero-order chi connectivity index (χ0) is 24.2. The van der Waals surface area contributed by atoms with Gasteiger partial charge in [0.15, 0.2) is 0 Å². The molecule has 2 heterocycles. The minimum Gasteiger partial charge on any atom is -0.507 e. The molecule has 2 fully saturated rings. The molecule has 0 saturated carbocycles. The summed E-state index contributed by atoms with van der Waals surface area (Å²) in [6, 6.07) is 16.5. The van der Waals surface area contributed by atoms with Crippen molar-refractivity contribution in [2.24, 2.45) is 11.8 Å². The minimum atomic E-state index is -1.66. The van der Waals surface area contributed by atoms with Gasteiger partial charge >= 0.3 is 5.97 Å². The summed E-state index contributed by atoms with van der Waals surface area (Å²) in [5, 5.41) is 25.6. The molecule has 0 aliphatic carbocycles. The largest absolute Gasteiger partial charge is 0.507 e. The monoisotopic (exact) mass is 460 g/mol. The number of aromatic hydroxyl groups is 1. The van der Waals surface area contributed by atoms with Gasteiger partial charge < -0.3 is 14.9 Å². The molecular formula is C26H24N2O6. The molecule has 0 aromatic heterocycles. The Hall–Kier alpha value is -3.91. The molecule has 5 rings (SSSR count). The van der Waals surface area contributed by atoms with E-state index in [0.29, 0.717) is 17.0 Å². The van der Waals surface area contributed by atoms with Gasteiger partial charge in [-0.05, 0) is 23.9 Å². The van der Waals surface area contributed by atoms with Crippen LogP contribution in [0.25, 0.3) is 10.8 Å². The van der Waals surface area contributed by atoms with E-state index in [9.17, 15) is 24.6 Å². The first-order valence-electron chi connectivity index (χ1n) is 11.1. The van der Waals surface area contributed by atoms with Crippen LogP contribution in [-0.4, -0.2) is 40.6 Å². The number of anilines is 1. The fourth-order valence-electron chi connectivity index (χ4n) is 5.50. The van der Waals surface area contributed by atoms with Crippen LogP contribution in [0.1, 0.15) is 24.9 Å². The van der Waals surface area contributed by atoms with E-state index in [1.807, 2.05) is 30.3 Å². The molecule has 2 aliphatic rings. The third-order valence-electron chi connectivity index (χ3n) is 7.17. The maximum Gasteiger partial charge on any atom is 0.324 e. The Morgan fingerprint density at radius 1 is 1.09 bits per heavy atom. The van der Waals surface area contributed by atoms with Crippen molar-refractivity contribution in [2.75, 3.05) is 12.0 Å². The number of carboxylic acid groups (broad SMARTS) is 1. The summed E-state index contributed by atoms with van der Waals surface area (Å²) in [5.41, 5.74) is -0.891. The lowest BCUT2D eigenvalue weighted by Gasteiger charge is -2.30. The standard InChI is InChI=1S/C26H24N2O6/c1-3-26(25(32)33)21-20(22(27-26)17-12-11-15(34-2)13-19(17)29)23(30)28(24(21)31)18-10-6-8-14-7-4-5-9-16(14)18/h4-13,20-22,27,29H,3H2,1-2H3,(H,32,33)/t20-,21-,22-,26+/m0/s1. The quantitative estimate of drug-likeness (QED) is 0.501. The molecule has 0 unspecified atom stereocenters. The van der Waals surface area contributed by atoms with Gasteiger partial charge in [-0.25, -0.2) is 4.90 Å². The van der Waals surface area contributed by atoms with Crippen molar-refractivity contribution in [3.05, 3.63) is 66.2 Å². The number of aliphatic carboxylic acids is 1. The summed E-state index contributed by atoms with van der Waals surface area (Å²) in [5.74, 6) is -4.11. The van der Waals surface area contributed by atoms with Crippen LogP contribution in [-0.2, 0) is 14.4 Å². The van der Waals surface area contributed by atoms with Crippen LogP contribution >= 0.6 is 0 Å². The van der Waals surface area contributed by atoms with Crippen molar-refractivity contribution in [1.29, 1.82) is 0 Å². The highest BCUT2D eigenvalue weighted by molar-refractivity contribution is 6.26. The van der Waals surface area contributed by atoms with Crippen LogP contribution in [0.4, 0.5) is 5.69 Å². The lowest BCUT2D eigenvalue weighted by molar-refractivity contribution is -0.149. The highest BCUT2D eigenvalue weighted by Crippen LogP contribution is 2.52. The van der Waals surface area contributed by atoms with E-state index in [1.165, 1.54) is 13.2 Å². The number of fused-ring (bicyclic) bond motifs is 2. The van der Waals surface area contributed by atoms with E-state index in [4.69, 9.17) is 4.74 Å². The number of phenols is 1. The average Bonchev–Trinajstić information content (AvgIpc) is 3.32. The van der Waals surface area contributed by atoms with Gasteiger partial charge in [-0.1, -0.05) is 49.4 Å². The Bertz CT molecular complexity index is 1330. The third kappa shape index (κ3) is 2.92. The Kier molecular flexibility index (Phi) is 5.06. The van der Waals surface area contributed by atoms with Crippen LogP contribution in [0.5, 0.6) is 11.5 Å². The molecule has 2 saturated heterocycles. The number of hydrogen-bond donors (Lipinski definition) is 3. The summed E-state index contributed by atoms with van der Waals surface area (Å²) in [7, 11) is 1.46. The molecule has 8 heteroatoms. The Labute approximate surface area is 195 Å². The summed E-state index contributed by atoms with van der Waals surface area (Å²) in [6.45, 7) is 1.67. The number of carboxylic acids is 1. The second kappa shape index (κ2) is 7.85. The second-order valence-electron chi connectivity index (χ2n) is 8.69. The highest BCUT2D eigenvalue weighted by atomic mass is 16.5. The number of amides is 2. The Balaban J connectivity index is 1.68. The molecule has 8 nitrogen and oxygen atoms in total. The molecule has 34 heavy (non-hydrogen) atoms. The molecular weight excluding hydrogens is 436 g/mol. The summed E-state index contributed by atoms with van der Waals surface area (Å²) >= 11 is 0. The van der Waals surface area contributed by atoms with Gasteiger partial charge in [0, 0.05) is 23.1 Å². The van der Waals surface area contributed by atoms with E-state index in [-0.39, 0.29) is 12.2 Å². The molecule has 3 aromatic rings. The van der Waals surface area contributed by atoms with Crippen molar-refractivity contribution < 1.29 is 29.3 Å². The molecule has 3 aromatic carbocycles. The fraction of sp³-hybridized carbons (Fsp3) is 0.269. The van der Waals surface area contributed by atoms with Gasteiger partial charge in [0.05, 0.1) is 24.6 Å². The smallest absolute Gasteiger partial charge is 0.324 e. The predicted molar refractivity (Wildman–Crippen MR) is 125 cm³/mol. The first kappa shape index (κ1) is 21.9. The number of phenolic OH excluding ortho intramolecular Hbond substituents is 1. The molecule has 4 atom stereocenters. The van der Waals surface area contributed by atoms with E-state index < -0.39 is 41.2 Å². The summed E-state index contributed by atoms with van der Waals surface area (Å²) < 4.78 is 5.15. The van der Waals surface area contributed by atoms with Crippen LogP contribution in [0.15, 0.2) is 60.7 Å². The lowest BCUT2D eigenvalue weighted by atomic mass is 9.78. The number of carbonyl (C=O) groups is 3. The topological polar surface area (TPSA) is 116 Å². The number of benzene rings is 3. The molecule has 2 aliphatic heterocycles. The van der Waals surface area contributed by atoms with Crippen molar-refractivity contribution in [3.63, 3.8) is 0 Å². The minimum absolute atomic E-state index is 0.0827. The molecule has 3 N–H and O–H groups in total. The number of rotatable bonds is 5. The number of nitrogens with zero attached hydrogens (tertiary/aromatic N) is 1. The van der Waals surface area contributed by atoms with Gasteiger partial charge in [0.1, 0.15) is 17.0 Å². The molecule has 0 bridgehead atoms. The van der Waals surface area contributed by atoms with Gasteiger partial charge in [-0.15, -0.1) is 0 Å². The first-order chi connectivity index (χ1) is 16.3. The maximum absolute atomic E-state index is 13.9. The van der Waals surface area contributed by atoms with Crippen LogP contribution in [0.2, 0.25) is 0 Å². The van der Waals surface area contributed by atoms with Gasteiger partial charge in [0.2, 0.25) is 11.8 Å². The van der Waals surface area contributed by atoms with Gasteiger partial charge in [-0.2, -0.15) is 0 Å². The zero-order valence-corrected chi connectivity index (χ0v) is 18.7. The third-order valence-corrected chi connectivity index (χ3v) is 7.17. The van der Waals surface area contributed by atoms with Crippen molar-refractivity contribution in [2.45, 2.75) is 24.9 Å². The number of hydrogen-bond acceptors (Lipinski definition) is 6. The van der Waals surface area contributed by atoms with E-state index in [1.54, 1.807) is 31.2 Å². The Morgan fingerprint density at radius 2 is 1.82 bits per heavy atom. The van der Waals surface area contributed by atoms with E-state index in [0.717, 1.165) is 15.7 Å². The average molecular weight is 460 g/mol. The normalized spacial score (nSPS) is 26.2. The number of nitrogens with one attached hydrogen (secondary N) is 1. The van der Waals surface area contributed by atoms with Gasteiger partial charge in [0.25, 0.3) is 0 Å². The number of imide groups is 1. The highest BCUT2D eigenvalue weighted by Gasteiger charge is 2.68. The first-order valence-corrected chi connectivity index (χ1v) is 11.1. The lowest BCUT2D eigenvalue weighted by Crippen LogP contribution is -2.55. The van der Waals surface area contributed by atoms with Crippen LogP contribution < -0.4 is 15.0 Å². The second-order valence-corrected chi connectivity index (χ2v) is 8.69. The number of ether oxygens (including phenoxy) is 1. The molecule has 174 valence electrons. The van der Waals surface area contributed by atoms with E-state index >= 15 is 0 Å². The van der Waals surface area contributed by atoms with Crippen molar-refractivity contribution in [1.82, 2.24) is 5.32 Å². The summed E-state index contributed by atoms with van der Waals surface area (Å²) in [6.07, 6.45) is 0.0827. The molecule has 0 spiro atoms. The van der Waals surface area contributed by atoms with E-state index in [2.05, 4.69) is 5.32 Å². The number of carbonyl (C=O) groups excluding carboxylic acids is 2.